The van der Waals surface area contributed by atoms with Crippen molar-refractivity contribution in [3.8, 4) is 0 Å². The molecule has 0 spiro atoms. The van der Waals surface area contributed by atoms with E-state index in [9.17, 15) is 14.7 Å². The number of aliphatic hydroxyl groups is 1. The van der Waals surface area contributed by atoms with Gasteiger partial charge in [0, 0.05) is 12.6 Å². The first kappa shape index (κ1) is 12.9. The molecule has 0 radical (unpaired) electrons. The van der Waals surface area contributed by atoms with Crippen LogP contribution in [0, 0.1) is 0 Å². The van der Waals surface area contributed by atoms with Crippen molar-refractivity contribution >= 4 is 11.9 Å². The van der Waals surface area contributed by atoms with Crippen LogP contribution >= 0.6 is 0 Å². The molecule has 1 atom stereocenters. The number of carboxylic acid groups (broad SMARTS) is 1. The second-order valence-corrected chi connectivity index (χ2v) is 4.29. The number of carboxylic acids is 1. The van der Waals surface area contributed by atoms with Crippen molar-refractivity contribution in [1.82, 2.24) is 10.2 Å². The number of rotatable bonds is 7. The summed E-state index contributed by atoms with van der Waals surface area (Å²) in [6.07, 6.45) is 0.846. The maximum atomic E-state index is 11.4. The fourth-order valence-electron chi connectivity index (χ4n) is 1.44. The second kappa shape index (κ2) is 5.81. The Bertz CT molecular complexity index is 266. The minimum atomic E-state index is -1.04. The first-order valence-corrected chi connectivity index (χ1v) is 5.35. The third-order valence-corrected chi connectivity index (χ3v) is 2.29. The minimum absolute atomic E-state index is 0.0764. The van der Waals surface area contributed by atoms with E-state index in [0.29, 0.717) is 6.04 Å². The molecule has 0 heterocycles. The van der Waals surface area contributed by atoms with Gasteiger partial charge in [-0.25, -0.2) is 0 Å². The first-order chi connectivity index (χ1) is 7.47. The zero-order valence-corrected chi connectivity index (χ0v) is 9.35. The molecule has 0 bridgehead atoms. The summed E-state index contributed by atoms with van der Waals surface area (Å²) in [7, 11) is 1.68. The van der Waals surface area contributed by atoms with E-state index >= 15 is 0 Å². The molecule has 3 N–H and O–H groups in total. The highest BCUT2D eigenvalue weighted by atomic mass is 16.4. The Labute approximate surface area is 94.2 Å². The van der Waals surface area contributed by atoms with E-state index < -0.39 is 12.1 Å². The number of nitrogens with one attached hydrogen (secondary N) is 1. The van der Waals surface area contributed by atoms with Gasteiger partial charge in [-0.1, -0.05) is 0 Å². The lowest BCUT2D eigenvalue weighted by Crippen LogP contribution is -2.39. The number of carbonyl (C=O) groups excluding carboxylic acids is 1. The molecule has 1 amide bonds. The van der Waals surface area contributed by atoms with Gasteiger partial charge in [0.1, 0.15) is 0 Å². The molecule has 92 valence electrons. The maximum Gasteiger partial charge on any atom is 0.306 e. The number of aliphatic hydroxyl groups excluding tert-OH is 1. The van der Waals surface area contributed by atoms with Crippen molar-refractivity contribution in [1.29, 1.82) is 0 Å². The molecule has 1 rings (SSSR count). The molecule has 1 unspecified atom stereocenters. The molecule has 1 aliphatic rings. The van der Waals surface area contributed by atoms with Crippen LogP contribution in [0.4, 0.5) is 0 Å². The Morgan fingerprint density at radius 3 is 2.62 bits per heavy atom. The van der Waals surface area contributed by atoms with E-state index in [0.717, 1.165) is 12.8 Å². The average molecular weight is 230 g/mol. The van der Waals surface area contributed by atoms with Crippen LogP contribution in [0.15, 0.2) is 0 Å². The van der Waals surface area contributed by atoms with Gasteiger partial charge in [0.2, 0.25) is 5.91 Å². The molecule has 0 aromatic heterocycles. The van der Waals surface area contributed by atoms with E-state index in [2.05, 4.69) is 5.32 Å². The molecule has 0 saturated heterocycles. The number of amides is 1. The Kier molecular flexibility index (Phi) is 4.70. The quantitative estimate of drug-likeness (QED) is 0.523. The van der Waals surface area contributed by atoms with Gasteiger partial charge in [-0.15, -0.1) is 0 Å². The summed E-state index contributed by atoms with van der Waals surface area (Å²) in [4.78, 5) is 23.3. The minimum Gasteiger partial charge on any atom is -0.481 e. The number of aliphatic carboxylic acids is 1. The molecular weight excluding hydrogens is 212 g/mol. The zero-order valence-electron chi connectivity index (χ0n) is 9.35. The number of hydrogen-bond donors (Lipinski definition) is 3. The van der Waals surface area contributed by atoms with Crippen LogP contribution in [0.25, 0.3) is 0 Å². The molecule has 1 fully saturated rings. The molecule has 1 aliphatic carbocycles. The molecule has 0 aromatic carbocycles. The number of carbonyl (C=O) groups is 2. The van der Waals surface area contributed by atoms with Gasteiger partial charge in [0.25, 0.3) is 0 Å². The van der Waals surface area contributed by atoms with E-state index in [1.165, 1.54) is 0 Å². The van der Waals surface area contributed by atoms with Crippen LogP contribution in [0.2, 0.25) is 0 Å². The lowest BCUT2D eigenvalue weighted by atomic mass is 10.2. The zero-order chi connectivity index (χ0) is 12.1. The van der Waals surface area contributed by atoms with Gasteiger partial charge >= 0.3 is 5.97 Å². The summed E-state index contributed by atoms with van der Waals surface area (Å²) in [5.41, 5.74) is 0. The van der Waals surface area contributed by atoms with Crippen molar-refractivity contribution in [2.45, 2.75) is 31.4 Å². The standard InChI is InChI=1S/C10H18N2O4/c1-12(5-8(13)4-10(15)16)6-9(14)11-7-2-3-7/h7-8,13H,2-6H2,1H3,(H,11,14)(H,15,16). The van der Waals surface area contributed by atoms with Crippen LogP contribution in [-0.2, 0) is 9.59 Å². The van der Waals surface area contributed by atoms with Crippen LogP contribution < -0.4 is 5.32 Å². The molecule has 0 aliphatic heterocycles. The summed E-state index contributed by atoms with van der Waals surface area (Å²) >= 11 is 0. The molecular formula is C10H18N2O4. The summed E-state index contributed by atoms with van der Waals surface area (Å²) in [6.45, 7) is 0.373. The van der Waals surface area contributed by atoms with E-state index in [-0.39, 0.29) is 25.4 Å². The largest absolute Gasteiger partial charge is 0.481 e. The summed E-state index contributed by atoms with van der Waals surface area (Å²) < 4.78 is 0. The van der Waals surface area contributed by atoms with Crippen molar-refractivity contribution in [2.75, 3.05) is 20.1 Å². The Balaban J connectivity index is 2.15. The van der Waals surface area contributed by atoms with Gasteiger partial charge < -0.3 is 15.5 Å². The first-order valence-electron chi connectivity index (χ1n) is 5.35. The van der Waals surface area contributed by atoms with Crippen LogP contribution in [0.1, 0.15) is 19.3 Å². The van der Waals surface area contributed by atoms with Crippen molar-refractivity contribution in [3.63, 3.8) is 0 Å². The van der Waals surface area contributed by atoms with Gasteiger partial charge in [-0.05, 0) is 19.9 Å². The van der Waals surface area contributed by atoms with Gasteiger partial charge in [-0.2, -0.15) is 0 Å². The van der Waals surface area contributed by atoms with Crippen molar-refractivity contribution in [2.24, 2.45) is 0 Å². The van der Waals surface area contributed by atoms with Crippen molar-refractivity contribution in [3.05, 3.63) is 0 Å². The van der Waals surface area contributed by atoms with E-state index in [1.54, 1.807) is 11.9 Å². The van der Waals surface area contributed by atoms with Crippen LogP contribution in [0.5, 0.6) is 0 Å². The normalized spacial score (nSPS) is 17.2. The lowest BCUT2D eigenvalue weighted by molar-refractivity contribution is -0.139. The Morgan fingerprint density at radius 1 is 1.50 bits per heavy atom. The summed E-state index contributed by atoms with van der Waals surface area (Å²) in [5.74, 6) is -1.11. The molecule has 1 saturated carbocycles. The third-order valence-electron chi connectivity index (χ3n) is 2.29. The summed E-state index contributed by atoms with van der Waals surface area (Å²) in [6, 6.07) is 0.324. The van der Waals surface area contributed by atoms with Gasteiger partial charge in [0.15, 0.2) is 0 Å². The number of likely N-dealkylation sites (N-methyl/N-ethyl adjacent to an activating group) is 1. The Morgan fingerprint density at radius 2 is 2.12 bits per heavy atom. The van der Waals surface area contributed by atoms with Crippen LogP contribution in [0.3, 0.4) is 0 Å². The highest BCUT2D eigenvalue weighted by molar-refractivity contribution is 5.78. The smallest absolute Gasteiger partial charge is 0.306 e. The average Bonchev–Trinajstić information content (AvgIpc) is 2.84. The maximum absolute atomic E-state index is 11.4. The third kappa shape index (κ3) is 5.67. The molecule has 16 heavy (non-hydrogen) atoms. The SMILES string of the molecule is CN(CC(=O)NC1CC1)CC(O)CC(=O)O. The Hall–Kier alpha value is -1.14. The predicted octanol–water partition coefficient (Wildman–Crippen LogP) is -0.968. The number of hydrogen-bond acceptors (Lipinski definition) is 4. The fourth-order valence-corrected chi connectivity index (χ4v) is 1.44. The monoisotopic (exact) mass is 230 g/mol. The fraction of sp³-hybridized carbons (Fsp3) is 0.800. The molecule has 6 heteroatoms. The lowest BCUT2D eigenvalue weighted by Gasteiger charge is -2.18. The topological polar surface area (TPSA) is 89.9 Å². The van der Waals surface area contributed by atoms with Gasteiger partial charge in [-0.3, -0.25) is 14.5 Å². The summed E-state index contributed by atoms with van der Waals surface area (Å²) in [5, 5.41) is 20.6. The van der Waals surface area contributed by atoms with Gasteiger partial charge in [0.05, 0.1) is 19.1 Å². The van der Waals surface area contributed by atoms with Crippen LogP contribution in [-0.4, -0.2) is 59.3 Å². The second-order valence-electron chi connectivity index (χ2n) is 4.29. The van der Waals surface area contributed by atoms with E-state index in [4.69, 9.17) is 5.11 Å². The molecule has 6 nitrogen and oxygen atoms in total. The highest BCUT2D eigenvalue weighted by Crippen LogP contribution is 2.18. The van der Waals surface area contributed by atoms with E-state index in [1.807, 2.05) is 0 Å². The highest BCUT2D eigenvalue weighted by Gasteiger charge is 2.23. The van der Waals surface area contributed by atoms with Crippen molar-refractivity contribution < 1.29 is 19.8 Å². The molecule has 0 aromatic rings. The predicted molar refractivity (Wildman–Crippen MR) is 56.9 cm³/mol. The number of nitrogens with zero attached hydrogens (tertiary/aromatic N) is 1.